The molecule has 0 fully saturated rings. The Morgan fingerprint density at radius 2 is 2.31 bits per heavy atom. The van der Waals surface area contributed by atoms with Crippen molar-refractivity contribution in [3.8, 4) is 0 Å². The maximum Gasteiger partial charge on any atom is 0.0638 e. The third-order valence-electron chi connectivity index (χ3n) is 2.24. The Hall–Kier alpha value is -1.09. The van der Waals surface area contributed by atoms with Crippen molar-refractivity contribution >= 4 is 0 Å². The van der Waals surface area contributed by atoms with E-state index in [0.29, 0.717) is 6.04 Å². The van der Waals surface area contributed by atoms with E-state index in [2.05, 4.69) is 29.0 Å². The molecule has 1 aromatic heterocycles. The van der Waals surface area contributed by atoms with Crippen LogP contribution in [0.1, 0.15) is 23.9 Å². The molecule has 1 rings (SSSR count). The first-order valence-corrected chi connectivity index (χ1v) is 4.51. The maximum atomic E-state index is 4.13. The van der Waals surface area contributed by atoms with E-state index in [-0.39, 0.29) is 0 Å². The fraction of sp³-hybridized carbons (Fsp3) is 0.500. The molecule has 0 radical (unpaired) electrons. The number of aryl methyl sites for hydroxylation is 2. The molecule has 0 bridgehead atoms. The number of nitrogens with one attached hydrogen (secondary N) is 2. The lowest BCUT2D eigenvalue weighted by Gasteiger charge is -2.08. The second-order valence-corrected chi connectivity index (χ2v) is 3.32. The molecule has 1 atom stereocenters. The van der Waals surface area contributed by atoms with Gasteiger partial charge in [-0.05, 0) is 20.8 Å². The Morgan fingerprint density at radius 3 is 2.77 bits per heavy atom. The summed E-state index contributed by atoms with van der Waals surface area (Å²) in [5.74, 6) is 0. The highest BCUT2D eigenvalue weighted by Gasteiger charge is 2.05. The SMILES string of the molecule is C=CC(C)NCc1c(C)n[nH]c1C. The molecule has 3 nitrogen and oxygen atoms in total. The van der Waals surface area contributed by atoms with Gasteiger partial charge in [0.1, 0.15) is 0 Å². The summed E-state index contributed by atoms with van der Waals surface area (Å²) >= 11 is 0. The van der Waals surface area contributed by atoms with Gasteiger partial charge in [0.2, 0.25) is 0 Å². The highest BCUT2D eigenvalue weighted by molar-refractivity contribution is 5.22. The van der Waals surface area contributed by atoms with Crippen molar-refractivity contribution in [1.29, 1.82) is 0 Å². The number of H-pyrrole nitrogens is 1. The second kappa shape index (κ2) is 4.23. The van der Waals surface area contributed by atoms with Crippen molar-refractivity contribution in [3.63, 3.8) is 0 Å². The number of aromatic amines is 1. The predicted molar refractivity (Wildman–Crippen MR) is 54.6 cm³/mol. The molecule has 13 heavy (non-hydrogen) atoms. The molecule has 0 aliphatic rings. The van der Waals surface area contributed by atoms with E-state index >= 15 is 0 Å². The Labute approximate surface area is 79.2 Å². The van der Waals surface area contributed by atoms with E-state index in [1.165, 1.54) is 5.56 Å². The van der Waals surface area contributed by atoms with Gasteiger partial charge in [0, 0.05) is 23.8 Å². The fourth-order valence-electron chi connectivity index (χ4n) is 1.18. The summed E-state index contributed by atoms with van der Waals surface area (Å²) in [6.45, 7) is 10.7. The largest absolute Gasteiger partial charge is 0.307 e. The van der Waals surface area contributed by atoms with Crippen LogP contribution in [0.2, 0.25) is 0 Å². The zero-order valence-corrected chi connectivity index (χ0v) is 8.52. The molecule has 1 aromatic rings. The fourth-order valence-corrected chi connectivity index (χ4v) is 1.18. The molecular weight excluding hydrogens is 162 g/mol. The van der Waals surface area contributed by atoms with E-state index in [1.54, 1.807) is 0 Å². The van der Waals surface area contributed by atoms with Gasteiger partial charge in [-0.1, -0.05) is 6.08 Å². The summed E-state index contributed by atoms with van der Waals surface area (Å²) < 4.78 is 0. The number of hydrogen-bond acceptors (Lipinski definition) is 2. The smallest absolute Gasteiger partial charge is 0.0638 e. The van der Waals surface area contributed by atoms with Gasteiger partial charge in [0.25, 0.3) is 0 Å². The van der Waals surface area contributed by atoms with Gasteiger partial charge in [0.05, 0.1) is 5.69 Å². The molecule has 0 aliphatic heterocycles. The lowest BCUT2D eigenvalue weighted by atomic mass is 10.2. The first-order chi connectivity index (χ1) is 6.15. The van der Waals surface area contributed by atoms with Crippen molar-refractivity contribution in [2.75, 3.05) is 0 Å². The Balaban J connectivity index is 2.58. The summed E-state index contributed by atoms with van der Waals surface area (Å²) in [5, 5.41) is 10.4. The maximum absolute atomic E-state index is 4.13. The van der Waals surface area contributed by atoms with E-state index in [9.17, 15) is 0 Å². The lowest BCUT2D eigenvalue weighted by molar-refractivity contribution is 0.631. The summed E-state index contributed by atoms with van der Waals surface area (Å²) in [5.41, 5.74) is 3.47. The van der Waals surface area contributed by atoms with Crippen LogP contribution in [0.25, 0.3) is 0 Å². The molecule has 1 unspecified atom stereocenters. The van der Waals surface area contributed by atoms with Gasteiger partial charge in [-0.15, -0.1) is 6.58 Å². The Morgan fingerprint density at radius 1 is 1.62 bits per heavy atom. The Kier molecular flexibility index (Phi) is 3.25. The van der Waals surface area contributed by atoms with Gasteiger partial charge >= 0.3 is 0 Å². The van der Waals surface area contributed by atoms with Crippen LogP contribution in [-0.4, -0.2) is 16.2 Å². The van der Waals surface area contributed by atoms with Gasteiger partial charge in [-0.25, -0.2) is 0 Å². The molecule has 2 N–H and O–H groups in total. The van der Waals surface area contributed by atoms with Gasteiger partial charge in [-0.2, -0.15) is 5.10 Å². The molecule has 0 spiro atoms. The second-order valence-electron chi connectivity index (χ2n) is 3.32. The topological polar surface area (TPSA) is 40.7 Å². The van der Waals surface area contributed by atoms with E-state index in [4.69, 9.17) is 0 Å². The normalized spacial score (nSPS) is 12.8. The summed E-state index contributed by atoms with van der Waals surface area (Å²) in [6.07, 6.45) is 1.89. The van der Waals surface area contributed by atoms with Crippen molar-refractivity contribution in [2.45, 2.75) is 33.4 Å². The highest BCUT2D eigenvalue weighted by atomic mass is 15.1. The predicted octanol–water partition coefficient (Wildman–Crippen LogP) is 1.69. The first-order valence-electron chi connectivity index (χ1n) is 4.51. The Bertz CT molecular complexity index is 269. The minimum absolute atomic E-state index is 0.341. The van der Waals surface area contributed by atoms with Crippen LogP contribution in [0, 0.1) is 13.8 Å². The van der Waals surface area contributed by atoms with E-state index < -0.39 is 0 Å². The van der Waals surface area contributed by atoms with Gasteiger partial charge < -0.3 is 5.32 Å². The monoisotopic (exact) mass is 179 g/mol. The molecule has 0 aliphatic carbocycles. The van der Waals surface area contributed by atoms with E-state index in [1.807, 2.05) is 19.9 Å². The van der Waals surface area contributed by atoms with Gasteiger partial charge in [-0.3, -0.25) is 5.10 Å². The minimum Gasteiger partial charge on any atom is -0.307 e. The lowest BCUT2D eigenvalue weighted by Crippen LogP contribution is -2.23. The molecule has 3 heteroatoms. The first kappa shape index (κ1) is 9.99. The number of aromatic nitrogens is 2. The standard InChI is InChI=1S/C10H17N3/c1-5-7(2)11-6-10-8(3)12-13-9(10)4/h5,7,11H,1,6H2,2-4H3,(H,12,13). The molecule has 72 valence electrons. The molecule has 0 saturated heterocycles. The quantitative estimate of drug-likeness (QED) is 0.690. The third-order valence-corrected chi connectivity index (χ3v) is 2.24. The van der Waals surface area contributed by atoms with Crippen LogP contribution >= 0.6 is 0 Å². The van der Waals surface area contributed by atoms with Crippen LogP contribution in [0.15, 0.2) is 12.7 Å². The number of nitrogens with zero attached hydrogens (tertiary/aromatic N) is 1. The van der Waals surface area contributed by atoms with Crippen LogP contribution in [-0.2, 0) is 6.54 Å². The van der Waals surface area contributed by atoms with Crippen molar-refractivity contribution in [2.24, 2.45) is 0 Å². The van der Waals surface area contributed by atoms with E-state index in [0.717, 1.165) is 17.9 Å². The van der Waals surface area contributed by atoms with Crippen molar-refractivity contribution < 1.29 is 0 Å². The number of rotatable bonds is 4. The zero-order chi connectivity index (χ0) is 9.84. The third kappa shape index (κ3) is 2.42. The van der Waals surface area contributed by atoms with Crippen molar-refractivity contribution in [1.82, 2.24) is 15.5 Å². The average molecular weight is 179 g/mol. The average Bonchev–Trinajstić information content (AvgIpc) is 2.43. The van der Waals surface area contributed by atoms with Crippen molar-refractivity contribution in [3.05, 3.63) is 29.6 Å². The molecule has 0 aromatic carbocycles. The molecule has 0 saturated carbocycles. The van der Waals surface area contributed by atoms with Gasteiger partial charge in [0.15, 0.2) is 0 Å². The summed E-state index contributed by atoms with van der Waals surface area (Å²) in [6, 6.07) is 0.341. The van der Waals surface area contributed by atoms with Crippen LogP contribution < -0.4 is 5.32 Å². The summed E-state index contributed by atoms with van der Waals surface area (Å²) in [4.78, 5) is 0. The number of hydrogen-bond donors (Lipinski definition) is 2. The molecule has 1 heterocycles. The minimum atomic E-state index is 0.341. The summed E-state index contributed by atoms with van der Waals surface area (Å²) in [7, 11) is 0. The molecular formula is C10H17N3. The highest BCUT2D eigenvalue weighted by Crippen LogP contribution is 2.08. The zero-order valence-electron chi connectivity index (χ0n) is 8.52. The van der Waals surface area contributed by atoms with Crippen LogP contribution in [0.5, 0.6) is 0 Å². The van der Waals surface area contributed by atoms with Crippen LogP contribution in [0.3, 0.4) is 0 Å². The molecule has 0 amide bonds. The van der Waals surface area contributed by atoms with Crippen LogP contribution in [0.4, 0.5) is 0 Å².